The summed E-state index contributed by atoms with van der Waals surface area (Å²) in [5.74, 6) is 1.40. The first-order valence-corrected chi connectivity index (χ1v) is 9.31. The maximum Gasteiger partial charge on any atom is 0.251 e. The predicted octanol–water partition coefficient (Wildman–Crippen LogP) is 3.41. The van der Waals surface area contributed by atoms with Crippen molar-refractivity contribution in [2.45, 2.75) is 20.0 Å². The fraction of sp³-hybridized carbons (Fsp3) is 0.250. The molecule has 0 saturated carbocycles. The lowest BCUT2D eigenvalue weighted by atomic mass is 10.1. The summed E-state index contributed by atoms with van der Waals surface area (Å²) >= 11 is 1.18. The van der Waals surface area contributed by atoms with Crippen LogP contribution in [-0.4, -0.2) is 28.3 Å². The largest absolute Gasteiger partial charge is 0.497 e. The lowest BCUT2D eigenvalue weighted by Gasteiger charge is -2.08. The van der Waals surface area contributed by atoms with E-state index < -0.39 is 0 Å². The Hall–Kier alpha value is -2.93. The van der Waals surface area contributed by atoms with Gasteiger partial charge in [-0.15, -0.1) is 0 Å². The minimum absolute atomic E-state index is 0.107. The van der Waals surface area contributed by atoms with Gasteiger partial charge < -0.3 is 14.8 Å². The number of ether oxygens (including phenoxy) is 2. The third kappa shape index (κ3) is 5.27. The summed E-state index contributed by atoms with van der Waals surface area (Å²) in [5.41, 5.74) is 3.43. The number of amides is 1. The van der Waals surface area contributed by atoms with Crippen molar-refractivity contribution in [3.63, 3.8) is 0 Å². The van der Waals surface area contributed by atoms with Crippen LogP contribution in [0.1, 0.15) is 27.3 Å². The first-order valence-electron chi connectivity index (χ1n) is 8.58. The topological polar surface area (TPSA) is 73.3 Å². The summed E-state index contributed by atoms with van der Waals surface area (Å²) in [5, 5.41) is 2.93. The Labute approximate surface area is 162 Å². The number of hydrogen-bond donors (Lipinski definition) is 1. The second kappa shape index (κ2) is 9.14. The quantitative estimate of drug-likeness (QED) is 0.645. The van der Waals surface area contributed by atoms with Crippen LogP contribution in [-0.2, 0) is 13.0 Å². The number of aryl methyl sites for hydroxylation is 1. The standard InChI is InChI=1S/C20H21N3O3S/c1-14-19(23-27-22-14)13-26-17-8-6-16(7-9-17)20(24)21-11-10-15-4-3-5-18(12-15)25-2/h3-9,12H,10-11,13H2,1-2H3,(H,21,24). The molecule has 2 aromatic carbocycles. The molecular weight excluding hydrogens is 362 g/mol. The molecule has 0 fully saturated rings. The number of hydrogen-bond acceptors (Lipinski definition) is 6. The van der Waals surface area contributed by atoms with Crippen LogP contribution >= 0.6 is 11.7 Å². The second-order valence-corrected chi connectivity index (χ2v) is 6.50. The average molecular weight is 383 g/mol. The molecule has 0 spiro atoms. The minimum atomic E-state index is -0.107. The molecule has 1 N–H and O–H groups in total. The van der Waals surface area contributed by atoms with E-state index in [0.29, 0.717) is 24.5 Å². The smallest absolute Gasteiger partial charge is 0.251 e. The number of nitrogens with zero attached hydrogens (tertiary/aromatic N) is 2. The highest BCUT2D eigenvalue weighted by atomic mass is 32.1. The normalized spacial score (nSPS) is 10.4. The molecule has 1 amide bonds. The highest BCUT2D eigenvalue weighted by Crippen LogP contribution is 2.15. The molecule has 1 aromatic heterocycles. The van der Waals surface area contributed by atoms with E-state index in [0.717, 1.165) is 29.1 Å². The molecule has 0 radical (unpaired) electrons. The molecule has 0 aliphatic carbocycles. The van der Waals surface area contributed by atoms with Crippen LogP contribution in [0.5, 0.6) is 11.5 Å². The van der Waals surface area contributed by atoms with Gasteiger partial charge in [0, 0.05) is 12.1 Å². The molecule has 140 valence electrons. The Bertz CT molecular complexity index is 893. The number of benzene rings is 2. The molecule has 27 heavy (non-hydrogen) atoms. The highest BCUT2D eigenvalue weighted by molar-refractivity contribution is 6.99. The SMILES string of the molecule is COc1cccc(CCNC(=O)c2ccc(OCc3nsnc3C)cc2)c1. The van der Waals surface area contributed by atoms with E-state index in [1.165, 1.54) is 11.7 Å². The maximum absolute atomic E-state index is 12.3. The van der Waals surface area contributed by atoms with Gasteiger partial charge in [-0.1, -0.05) is 12.1 Å². The monoisotopic (exact) mass is 383 g/mol. The van der Waals surface area contributed by atoms with E-state index >= 15 is 0 Å². The van der Waals surface area contributed by atoms with Gasteiger partial charge in [0.1, 0.15) is 23.8 Å². The van der Waals surface area contributed by atoms with Crippen molar-refractivity contribution in [1.29, 1.82) is 0 Å². The Balaban J connectivity index is 1.47. The van der Waals surface area contributed by atoms with Gasteiger partial charge >= 0.3 is 0 Å². The fourth-order valence-corrected chi connectivity index (χ4v) is 3.04. The van der Waals surface area contributed by atoms with E-state index in [1.54, 1.807) is 31.4 Å². The van der Waals surface area contributed by atoms with Crippen molar-refractivity contribution in [2.24, 2.45) is 0 Å². The molecule has 7 heteroatoms. The first-order chi connectivity index (χ1) is 13.2. The third-order valence-corrected chi connectivity index (χ3v) is 4.73. The molecular formula is C20H21N3O3S. The molecule has 0 aliphatic heterocycles. The van der Waals surface area contributed by atoms with Gasteiger partial charge in [-0.2, -0.15) is 8.75 Å². The Morgan fingerprint density at radius 2 is 1.93 bits per heavy atom. The average Bonchev–Trinajstić information content (AvgIpc) is 3.11. The number of aromatic nitrogens is 2. The number of carbonyl (C=O) groups excluding carboxylic acids is 1. The van der Waals surface area contributed by atoms with Crippen molar-refractivity contribution in [3.8, 4) is 11.5 Å². The Morgan fingerprint density at radius 3 is 2.63 bits per heavy atom. The van der Waals surface area contributed by atoms with Crippen molar-refractivity contribution in [1.82, 2.24) is 14.1 Å². The molecule has 6 nitrogen and oxygen atoms in total. The lowest BCUT2D eigenvalue weighted by Crippen LogP contribution is -2.25. The zero-order chi connectivity index (χ0) is 19.1. The predicted molar refractivity (Wildman–Crippen MR) is 104 cm³/mol. The number of nitrogens with one attached hydrogen (secondary N) is 1. The number of rotatable bonds is 8. The molecule has 0 atom stereocenters. The molecule has 0 saturated heterocycles. The Morgan fingerprint density at radius 1 is 1.11 bits per heavy atom. The second-order valence-electron chi connectivity index (χ2n) is 5.97. The van der Waals surface area contributed by atoms with E-state index in [1.807, 2.05) is 31.2 Å². The zero-order valence-corrected chi connectivity index (χ0v) is 16.1. The van der Waals surface area contributed by atoms with E-state index in [4.69, 9.17) is 9.47 Å². The molecule has 1 heterocycles. The summed E-state index contributed by atoms with van der Waals surface area (Å²) in [6, 6.07) is 14.9. The van der Waals surface area contributed by atoms with Gasteiger partial charge in [-0.3, -0.25) is 4.79 Å². The lowest BCUT2D eigenvalue weighted by molar-refractivity contribution is 0.0954. The Kier molecular flexibility index (Phi) is 6.38. The number of carbonyl (C=O) groups is 1. The fourth-order valence-electron chi connectivity index (χ4n) is 2.49. The van der Waals surface area contributed by atoms with Gasteiger partial charge in [0.2, 0.25) is 0 Å². The molecule has 3 aromatic rings. The van der Waals surface area contributed by atoms with E-state index in [9.17, 15) is 4.79 Å². The van der Waals surface area contributed by atoms with Crippen molar-refractivity contribution < 1.29 is 14.3 Å². The van der Waals surface area contributed by atoms with Gasteiger partial charge in [0.25, 0.3) is 5.91 Å². The molecule has 3 rings (SSSR count). The molecule has 0 bridgehead atoms. The van der Waals surface area contributed by atoms with Crippen molar-refractivity contribution in [2.75, 3.05) is 13.7 Å². The summed E-state index contributed by atoms with van der Waals surface area (Å²) in [6.45, 7) is 2.83. The minimum Gasteiger partial charge on any atom is -0.497 e. The summed E-state index contributed by atoms with van der Waals surface area (Å²) < 4.78 is 19.2. The third-order valence-electron chi connectivity index (χ3n) is 4.07. The van der Waals surface area contributed by atoms with Crippen LogP contribution in [0.15, 0.2) is 48.5 Å². The number of methoxy groups -OCH3 is 1. The van der Waals surface area contributed by atoms with Crippen LogP contribution in [0.3, 0.4) is 0 Å². The van der Waals surface area contributed by atoms with Gasteiger partial charge in [0.05, 0.1) is 24.5 Å². The van der Waals surface area contributed by atoms with Gasteiger partial charge in [-0.25, -0.2) is 0 Å². The van der Waals surface area contributed by atoms with E-state index in [2.05, 4.69) is 14.1 Å². The molecule has 0 unspecified atom stereocenters. The van der Waals surface area contributed by atoms with Crippen LogP contribution < -0.4 is 14.8 Å². The summed E-state index contributed by atoms with van der Waals surface area (Å²) in [4.78, 5) is 12.3. The van der Waals surface area contributed by atoms with Gasteiger partial charge in [-0.05, 0) is 55.3 Å². The van der Waals surface area contributed by atoms with Gasteiger partial charge in [0.15, 0.2) is 0 Å². The zero-order valence-electron chi connectivity index (χ0n) is 15.3. The van der Waals surface area contributed by atoms with Crippen LogP contribution in [0.25, 0.3) is 0 Å². The first kappa shape index (κ1) is 18.8. The summed E-state index contributed by atoms with van der Waals surface area (Å²) in [7, 11) is 1.64. The maximum atomic E-state index is 12.3. The van der Waals surface area contributed by atoms with Crippen molar-refractivity contribution >= 4 is 17.6 Å². The van der Waals surface area contributed by atoms with Crippen molar-refractivity contribution in [3.05, 3.63) is 71.0 Å². The van der Waals surface area contributed by atoms with Crippen LogP contribution in [0.2, 0.25) is 0 Å². The molecule has 0 aliphatic rings. The summed E-state index contributed by atoms with van der Waals surface area (Å²) in [6.07, 6.45) is 0.741. The van der Waals surface area contributed by atoms with Crippen LogP contribution in [0.4, 0.5) is 0 Å². The van der Waals surface area contributed by atoms with E-state index in [-0.39, 0.29) is 5.91 Å². The van der Waals surface area contributed by atoms with Crippen LogP contribution in [0, 0.1) is 6.92 Å². The highest BCUT2D eigenvalue weighted by Gasteiger charge is 2.07.